The Balaban J connectivity index is 1.25. The van der Waals surface area contributed by atoms with Crippen molar-refractivity contribution in [2.24, 2.45) is 0 Å². The van der Waals surface area contributed by atoms with E-state index in [1.807, 2.05) is 11.9 Å². The van der Waals surface area contributed by atoms with Crippen molar-refractivity contribution in [1.29, 1.82) is 0 Å². The maximum atomic E-state index is 12.8. The standard InChI is InChI=1S/C34H50ClN9O8/c1-44(23-25-22-39-31-29(40-25)30(36)42-34(37)43-31)26-8-6-24(7-9-26)32(46)41-27(33(47)48)10-11-28(45)38-13-15-50-17-19-52-21-20-51-18-16-49-14-5-3-2-4-12-35/h6-9,22,27H,2-5,10-21,23H2,1H3,(H,38,45)(H,41,46)(H,47,48)(H4,36,37,39,42,43). The number of aliphatic carboxylic acids is 1. The van der Waals surface area contributed by atoms with Gasteiger partial charge >= 0.3 is 5.97 Å². The van der Waals surface area contributed by atoms with Crippen LogP contribution in [-0.4, -0.2) is 121 Å². The third kappa shape index (κ3) is 15.9. The molecule has 2 heterocycles. The number of carbonyl (C=O) groups excluding carboxylic acids is 2. The van der Waals surface area contributed by atoms with Crippen LogP contribution in [0.4, 0.5) is 17.5 Å². The Morgan fingerprint density at radius 3 is 2.15 bits per heavy atom. The van der Waals surface area contributed by atoms with Gasteiger partial charge in [-0.1, -0.05) is 12.8 Å². The van der Waals surface area contributed by atoms with Crippen molar-refractivity contribution < 1.29 is 38.4 Å². The number of hydrogen-bond donors (Lipinski definition) is 5. The quantitative estimate of drug-likeness (QED) is 0.0555. The van der Waals surface area contributed by atoms with E-state index in [0.29, 0.717) is 68.9 Å². The summed E-state index contributed by atoms with van der Waals surface area (Å²) in [4.78, 5) is 55.5. The molecule has 3 rings (SSSR count). The Morgan fingerprint density at radius 2 is 1.50 bits per heavy atom. The molecule has 0 fully saturated rings. The summed E-state index contributed by atoms with van der Waals surface area (Å²) in [6.07, 6.45) is 5.73. The van der Waals surface area contributed by atoms with Crippen LogP contribution in [0.3, 0.4) is 0 Å². The second-order valence-corrected chi connectivity index (χ2v) is 12.1. The molecular weight excluding hydrogens is 698 g/mol. The third-order valence-electron chi connectivity index (χ3n) is 7.59. The normalized spacial score (nSPS) is 11.7. The van der Waals surface area contributed by atoms with E-state index < -0.39 is 17.9 Å². The van der Waals surface area contributed by atoms with Crippen LogP contribution in [0.5, 0.6) is 0 Å². The average molecular weight is 748 g/mol. The number of unbranched alkanes of at least 4 members (excludes halogenated alkanes) is 3. The van der Waals surface area contributed by atoms with Gasteiger partial charge in [-0.05, 0) is 43.5 Å². The Morgan fingerprint density at radius 1 is 0.865 bits per heavy atom. The molecule has 0 radical (unpaired) electrons. The van der Waals surface area contributed by atoms with E-state index in [9.17, 15) is 19.5 Å². The number of hydrogen-bond acceptors (Lipinski definition) is 14. The zero-order chi connectivity index (χ0) is 37.6. The highest BCUT2D eigenvalue weighted by molar-refractivity contribution is 6.17. The topological polar surface area (TPSA) is 239 Å². The van der Waals surface area contributed by atoms with E-state index in [0.717, 1.165) is 38.0 Å². The van der Waals surface area contributed by atoms with Gasteiger partial charge in [0.05, 0.1) is 64.7 Å². The molecule has 0 saturated heterocycles. The number of carboxylic acids is 1. The molecule has 18 heteroatoms. The van der Waals surface area contributed by atoms with Crippen LogP contribution in [0.25, 0.3) is 11.2 Å². The first-order valence-electron chi connectivity index (χ1n) is 17.2. The summed E-state index contributed by atoms with van der Waals surface area (Å²) in [5, 5.41) is 14.8. The van der Waals surface area contributed by atoms with Gasteiger partial charge in [-0.3, -0.25) is 9.59 Å². The van der Waals surface area contributed by atoms with Gasteiger partial charge in [0, 0.05) is 43.8 Å². The van der Waals surface area contributed by atoms with Gasteiger partial charge in [0.15, 0.2) is 17.0 Å². The van der Waals surface area contributed by atoms with Gasteiger partial charge in [-0.2, -0.15) is 9.97 Å². The van der Waals surface area contributed by atoms with Gasteiger partial charge in [-0.15, -0.1) is 11.6 Å². The van der Waals surface area contributed by atoms with E-state index in [4.69, 9.17) is 42.0 Å². The number of aromatic nitrogens is 4. The summed E-state index contributed by atoms with van der Waals surface area (Å²) in [7, 11) is 1.83. The van der Waals surface area contributed by atoms with Gasteiger partial charge in [0.2, 0.25) is 11.9 Å². The van der Waals surface area contributed by atoms with Crippen molar-refractivity contribution >= 4 is 58.0 Å². The Kier molecular flexibility index (Phi) is 19.3. The SMILES string of the molecule is CN(Cc1cnc2nc(N)nc(N)c2n1)c1ccc(C(=O)NC(CCC(=O)NCCOCCOCCOCCOCCCCCCCl)C(=O)O)cc1. The summed E-state index contributed by atoms with van der Waals surface area (Å²) in [5.74, 6) is -1.31. The summed E-state index contributed by atoms with van der Waals surface area (Å²) in [5.41, 5.74) is 13.8. The lowest BCUT2D eigenvalue weighted by Crippen LogP contribution is -2.41. The molecule has 1 unspecified atom stereocenters. The number of ether oxygens (including phenoxy) is 4. The number of amides is 2. The first kappa shape index (κ1) is 42.0. The van der Waals surface area contributed by atoms with Crippen LogP contribution in [0.1, 0.15) is 54.6 Å². The molecule has 2 amide bonds. The monoisotopic (exact) mass is 747 g/mol. The van der Waals surface area contributed by atoms with E-state index in [1.54, 1.807) is 30.5 Å². The first-order valence-corrected chi connectivity index (χ1v) is 17.7. The maximum absolute atomic E-state index is 12.8. The second kappa shape index (κ2) is 23.9. The molecule has 2 aromatic heterocycles. The number of nitrogen functional groups attached to an aromatic ring is 2. The second-order valence-electron chi connectivity index (χ2n) is 11.7. The summed E-state index contributed by atoms with van der Waals surface area (Å²) in [6.45, 7) is 4.35. The van der Waals surface area contributed by atoms with Crippen molar-refractivity contribution in [2.75, 3.05) is 88.7 Å². The Hall–Kier alpha value is -4.42. The Bertz CT molecular complexity index is 1540. The van der Waals surface area contributed by atoms with Crippen molar-refractivity contribution in [3.8, 4) is 0 Å². The van der Waals surface area contributed by atoms with Crippen molar-refractivity contribution in [3.05, 3.63) is 41.7 Å². The van der Waals surface area contributed by atoms with Crippen LogP contribution < -0.4 is 27.0 Å². The molecule has 7 N–H and O–H groups in total. The third-order valence-corrected chi connectivity index (χ3v) is 7.86. The lowest BCUT2D eigenvalue weighted by molar-refractivity contribution is -0.139. The molecule has 1 aromatic carbocycles. The fourth-order valence-corrected chi connectivity index (χ4v) is 4.99. The molecule has 17 nitrogen and oxygen atoms in total. The fraction of sp³-hybridized carbons (Fsp3) is 0.559. The predicted octanol–water partition coefficient (Wildman–Crippen LogP) is 2.17. The highest BCUT2D eigenvalue weighted by atomic mass is 35.5. The van der Waals surface area contributed by atoms with Crippen molar-refractivity contribution in [2.45, 2.75) is 51.1 Å². The van der Waals surface area contributed by atoms with E-state index in [1.165, 1.54) is 0 Å². The number of nitrogens with zero attached hydrogens (tertiary/aromatic N) is 5. The van der Waals surface area contributed by atoms with Crippen LogP contribution in [0.15, 0.2) is 30.5 Å². The number of carbonyl (C=O) groups is 3. The molecule has 3 aromatic rings. The molecule has 0 aliphatic rings. The molecular formula is C34H50ClN9O8. The summed E-state index contributed by atoms with van der Waals surface area (Å²) in [6, 6.07) is 5.36. The zero-order valence-electron chi connectivity index (χ0n) is 29.6. The minimum absolute atomic E-state index is 0.0139. The van der Waals surface area contributed by atoms with Crippen molar-refractivity contribution in [1.82, 2.24) is 30.6 Å². The number of benzene rings is 1. The molecule has 0 aliphatic carbocycles. The summed E-state index contributed by atoms with van der Waals surface area (Å²) >= 11 is 5.65. The van der Waals surface area contributed by atoms with Crippen LogP contribution in [-0.2, 0) is 35.1 Å². The zero-order valence-corrected chi connectivity index (χ0v) is 30.3. The molecule has 286 valence electrons. The molecule has 0 saturated carbocycles. The van der Waals surface area contributed by atoms with Crippen LogP contribution in [0, 0.1) is 0 Å². The lowest BCUT2D eigenvalue weighted by Gasteiger charge is -2.19. The number of nitrogens with two attached hydrogens (primary N) is 2. The number of fused-ring (bicyclic) bond motifs is 1. The number of halogens is 1. The largest absolute Gasteiger partial charge is 0.480 e. The number of alkyl halides is 1. The highest BCUT2D eigenvalue weighted by Crippen LogP contribution is 2.19. The smallest absolute Gasteiger partial charge is 0.326 e. The number of carboxylic acid groups (broad SMARTS) is 1. The Labute approximate surface area is 308 Å². The van der Waals surface area contributed by atoms with Gasteiger partial charge in [0.1, 0.15) is 6.04 Å². The van der Waals surface area contributed by atoms with E-state index >= 15 is 0 Å². The van der Waals surface area contributed by atoms with E-state index in [2.05, 4.69) is 30.6 Å². The molecule has 52 heavy (non-hydrogen) atoms. The van der Waals surface area contributed by atoms with Gasteiger partial charge in [0.25, 0.3) is 5.91 Å². The first-order chi connectivity index (χ1) is 25.2. The van der Waals surface area contributed by atoms with Gasteiger partial charge < -0.3 is 51.1 Å². The minimum atomic E-state index is -1.25. The van der Waals surface area contributed by atoms with Gasteiger partial charge in [-0.25, -0.2) is 14.8 Å². The minimum Gasteiger partial charge on any atom is -0.480 e. The summed E-state index contributed by atoms with van der Waals surface area (Å²) < 4.78 is 21.9. The molecule has 0 bridgehead atoms. The average Bonchev–Trinajstić information content (AvgIpc) is 3.12. The fourth-order valence-electron chi connectivity index (χ4n) is 4.80. The van der Waals surface area contributed by atoms with Crippen LogP contribution in [0.2, 0.25) is 0 Å². The number of rotatable bonds is 27. The molecule has 0 spiro atoms. The van der Waals surface area contributed by atoms with Crippen LogP contribution >= 0.6 is 11.6 Å². The predicted molar refractivity (Wildman–Crippen MR) is 196 cm³/mol. The number of nitrogens with one attached hydrogen (secondary N) is 2. The maximum Gasteiger partial charge on any atom is 0.326 e. The highest BCUT2D eigenvalue weighted by Gasteiger charge is 2.22. The lowest BCUT2D eigenvalue weighted by atomic mass is 10.1. The number of anilines is 3. The van der Waals surface area contributed by atoms with E-state index in [-0.39, 0.29) is 49.2 Å². The van der Waals surface area contributed by atoms with Crippen molar-refractivity contribution in [3.63, 3.8) is 0 Å². The molecule has 1 atom stereocenters. The molecule has 0 aliphatic heterocycles.